The average molecular weight is 363 g/mol. The summed E-state index contributed by atoms with van der Waals surface area (Å²) in [6.07, 6.45) is 3.69. The molecule has 1 aliphatic heterocycles. The molecule has 27 heavy (non-hydrogen) atoms. The summed E-state index contributed by atoms with van der Waals surface area (Å²) in [6.45, 7) is 8.07. The number of aliphatic hydroxyl groups excluding tert-OH is 1. The Morgan fingerprint density at radius 1 is 1.22 bits per heavy atom. The van der Waals surface area contributed by atoms with E-state index in [4.69, 9.17) is 9.98 Å². The highest BCUT2D eigenvalue weighted by Crippen LogP contribution is 2.29. The summed E-state index contributed by atoms with van der Waals surface area (Å²) in [5.74, 6) is 0.709. The Kier molecular flexibility index (Phi) is 4.53. The molecule has 1 atom stereocenters. The maximum absolute atomic E-state index is 9.36. The Morgan fingerprint density at radius 2 is 2.04 bits per heavy atom. The number of rotatable bonds is 3. The van der Waals surface area contributed by atoms with Crippen LogP contribution in [-0.2, 0) is 7.05 Å². The number of nitrogens with zero attached hydrogens (tertiary/aromatic N) is 5. The molecule has 3 aromatic rings. The van der Waals surface area contributed by atoms with Gasteiger partial charge in [0.15, 0.2) is 5.82 Å². The minimum Gasteiger partial charge on any atom is -0.395 e. The molecule has 0 amide bonds. The molecular weight excluding hydrogens is 338 g/mol. The quantitative estimate of drug-likeness (QED) is 0.776. The number of aliphatic imine (C=N–C) groups is 1. The zero-order chi connectivity index (χ0) is 19.1. The fourth-order valence-corrected chi connectivity index (χ4v) is 3.93. The molecule has 6 heteroatoms. The Bertz CT molecular complexity index is 1080. The number of hydrogen-bond donors (Lipinski definition) is 1. The van der Waals surface area contributed by atoms with E-state index in [1.54, 1.807) is 6.20 Å². The molecule has 0 bridgehead atoms. The largest absolute Gasteiger partial charge is 0.395 e. The van der Waals surface area contributed by atoms with Gasteiger partial charge in [-0.15, -0.1) is 0 Å². The predicted molar refractivity (Wildman–Crippen MR) is 110 cm³/mol. The van der Waals surface area contributed by atoms with Crippen LogP contribution < -0.4 is 0 Å². The van der Waals surface area contributed by atoms with Crippen molar-refractivity contribution in [3.63, 3.8) is 0 Å². The molecule has 1 N–H and O–H groups in total. The van der Waals surface area contributed by atoms with E-state index in [0.29, 0.717) is 12.4 Å². The van der Waals surface area contributed by atoms with Crippen LogP contribution in [0, 0.1) is 0 Å². The van der Waals surface area contributed by atoms with Gasteiger partial charge in [0.2, 0.25) is 0 Å². The maximum Gasteiger partial charge on any atom is 0.154 e. The fourth-order valence-electron chi connectivity index (χ4n) is 3.93. The normalized spacial score (nSPS) is 20.3. The lowest BCUT2D eigenvalue weighted by molar-refractivity contribution is 0.191. The zero-order valence-electron chi connectivity index (χ0n) is 16.3. The van der Waals surface area contributed by atoms with Crippen LogP contribution >= 0.6 is 0 Å². The molecule has 0 fully saturated rings. The molecule has 3 aromatic heterocycles. The monoisotopic (exact) mass is 363 g/mol. The van der Waals surface area contributed by atoms with Crippen molar-refractivity contribution in [2.75, 3.05) is 19.7 Å². The van der Waals surface area contributed by atoms with Gasteiger partial charge in [-0.1, -0.05) is 5.57 Å². The molecule has 0 radical (unpaired) electrons. The molecule has 1 unspecified atom stereocenters. The summed E-state index contributed by atoms with van der Waals surface area (Å²) in [5.41, 5.74) is 5.56. The summed E-state index contributed by atoms with van der Waals surface area (Å²) < 4.78 is 2.09. The van der Waals surface area contributed by atoms with Gasteiger partial charge in [0.25, 0.3) is 0 Å². The standard InChI is InChI=1S/C21H25N5O/c1-13-12-26(9-10-27)15(3)20(14(13)2)23-19-6-5-16-17-11-22-8-7-18(17)25(4)21(16)24-19/h5-8,11,15,27H,9-10,12H2,1-4H3. The van der Waals surface area contributed by atoms with Crippen LogP contribution in [0.3, 0.4) is 0 Å². The maximum atomic E-state index is 9.36. The Labute approximate surface area is 158 Å². The molecular formula is C21H25N5O. The molecule has 140 valence electrons. The number of pyridine rings is 2. The van der Waals surface area contributed by atoms with Crippen LogP contribution in [0.15, 0.2) is 46.7 Å². The van der Waals surface area contributed by atoms with Crippen LogP contribution in [0.5, 0.6) is 0 Å². The molecule has 6 nitrogen and oxygen atoms in total. The van der Waals surface area contributed by atoms with E-state index in [2.05, 4.69) is 41.3 Å². The van der Waals surface area contributed by atoms with Crippen LogP contribution in [0.1, 0.15) is 20.8 Å². The molecule has 0 aromatic carbocycles. The van der Waals surface area contributed by atoms with Crippen molar-refractivity contribution < 1.29 is 5.11 Å². The van der Waals surface area contributed by atoms with E-state index in [1.807, 2.05) is 25.4 Å². The Hall–Kier alpha value is -2.57. The van der Waals surface area contributed by atoms with E-state index in [9.17, 15) is 5.11 Å². The number of hydrogen-bond acceptors (Lipinski definition) is 5. The molecule has 1 aliphatic rings. The third-order valence-electron chi connectivity index (χ3n) is 5.66. The highest BCUT2D eigenvalue weighted by Gasteiger charge is 2.26. The number of aromatic nitrogens is 3. The number of aliphatic hydroxyl groups is 1. The van der Waals surface area contributed by atoms with E-state index in [1.165, 1.54) is 11.1 Å². The topological polar surface area (TPSA) is 66.5 Å². The van der Waals surface area contributed by atoms with Crippen molar-refractivity contribution in [2.45, 2.75) is 26.8 Å². The Morgan fingerprint density at radius 3 is 2.81 bits per heavy atom. The van der Waals surface area contributed by atoms with Crippen molar-refractivity contribution >= 4 is 33.5 Å². The van der Waals surface area contributed by atoms with Crippen LogP contribution in [-0.4, -0.2) is 56.0 Å². The zero-order valence-corrected chi connectivity index (χ0v) is 16.3. The van der Waals surface area contributed by atoms with Gasteiger partial charge in [0.1, 0.15) is 5.65 Å². The van der Waals surface area contributed by atoms with E-state index >= 15 is 0 Å². The van der Waals surface area contributed by atoms with Crippen molar-refractivity contribution in [1.29, 1.82) is 0 Å². The van der Waals surface area contributed by atoms with Gasteiger partial charge >= 0.3 is 0 Å². The van der Waals surface area contributed by atoms with Crippen molar-refractivity contribution in [3.8, 4) is 0 Å². The lowest BCUT2D eigenvalue weighted by Gasteiger charge is -2.35. The van der Waals surface area contributed by atoms with Crippen molar-refractivity contribution in [2.24, 2.45) is 12.0 Å². The first-order valence-corrected chi connectivity index (χ1v) is 9.30. The lowest BCUT2D eigenvalue weighted by Crippen LogP contribution is -2.45. The summed E-state index contributed by atoms with van der Waals surface area (Å²) in [6, 6.07) is 6.21. The average Bonchev–Trinajstić information content (AvgIpc) is 2.96. The van der Waals surface area contributed by atoms with Crippen LogP contribution in [0.4, 0.5) is 5.82 Å². The van der Waals surface area contributed by atoms with Gasteiger partial charge in [-0.3, -0.25) is 9.88 Å². The van der Waals surface area contributed by atoms with E-state index in [0.717, 1.165) is 34.2 Å². The second kappa shape index (κ2) is 6.87. The molecule has 0 aliphatic carbocycles. The van der Waals surface area contributed by atoms with E-state index < -0.39 is 0 Å². The van der Waals surface area contributed by atoms with Gasteiger partial charge < -0.3 is 9.67 Å². The SMILES string of the molecule is CC1=C(C)C(=Nc2ccc3c4cnccc4n(C)c3n2)C(C)N(CCO)C1. The second-order valence-electron chi connectivity index (χ2n) is 7.26. The molecule has 4 rings (SSSR count). The predicted octanol–water partition coefficient (Wildman–Crippen LogP) is 3.23. The lowest BCUT2D eigenvalue weighted by atomic mass is 9.94. The first kappa shape index (κ1) is 17.8. The van der Waals surface area contributed by atoms with Gasteiger partial charge in [-0.2, -0.15) is 0 Å². The van der Waals surface area contributed by atoms with Gasteiger partial charge in [0.05, 0.1) is 17.8 Å². The second-order valence-corrected chi connectivity index (χ2v) is 7.26. The minimum atomic E-state index is 0.148. The van der Waals surface area contributed by atoms with Crippen LogP contribution in [0.2, 0.25) is 0 Å². The first-order valence-electron chi connectivity index (χ1n) is 9.30. The highest BCUT2D eigenvalue weighted by atomic mass is 16.3. The molecule has 0 saturated carbocycles. The van der Waals surface area contributed by atoms with Gasteiger partial charge in [-0.25, -0.2) is 9.98 Å². The highest BCUT2D eigenvalue weighted by molar-refractivity contribution is 6.08. The molecule has 0 saturated heterocycles. The smallest absolute Gasteiger partial charge is 0.154 e. The van der Waals surface area contributed by atoms with Gasteiger partial charge in [0, 0.05) is 49.3 Å². The first-order chi connectivity index (χ1) is 13.0. The number of fused-ring (bicyclic) bond motifs is 3. The van der Waals surface area contributed by atoms with Gasteiger partial charge in [-0.05, 0) is 44.5 Å². The third kappa shape index (κ3) is 2.95. The van der Waals surface area contributed by atoms with Crippen molar-refractivity contribution in [1.82, 2.24) is 19.4 Å². The van der Waals surface area contributed by atoms with E-state index in [-0.39, 0.29) is 12.6 Å². The summed E-state index contributed by atoms with van der Waals surface area (Å²) in [4.78, 5) is 16.2. The van der Waals surface area contributed by atoms with Crippen LogP contribution in [0.25, 0.3) is 21.9 Å². The molecule has 4 heterocycles. The molecule has 0 spiro atoms. The number of aryl methyl sites for hydroxylation is 1. The summed E-state index contributed by atoms with van der Waals surface area (Å²) in [5, 5.41) is 11.6. The van der Waals surface area contributed by atoms with Crippen molar-refractivity contribution in [3.05, 3.63) is 41.7 Å². The summed E-state index contributed by atoms with van der Waals surface area (Å²) in [7, 11) is 2.02. The Balaban J connectivity index is 1.83. The number of β-amino-alcohol motifs (C(OH)–C–C–N with tert-alkyl or cyclic N) is 1. The summed E-state index contributed by atoms with van der Waals surface area (Å²) >= 11 is 0. The fraction of sp³-hybridized carbons (Fsp3) is 0.381. The third-order valence-corrected chi connectivity index (χ3v) is 5.66. The minimum absolute atomic E-state index is 0.148.